The van der Waals surface area contributed by atoms with E-state index < -0.39 is 5.97 Å². The van der Waals surface area contributed by atoms with Crippen LogP contribution in [0.25, 0.3) is 22.4 Å². The number of nitrogens with zero attached hydrogens (tertiary/aromatic N) is 3. The smallest absolute Gasteiger partial charge is 0.341 e. The second-order valence-electron chi connectivity index (χ2n) is 5.65. The summed E-state index contributed by atoms with van der Waals surface area (Å²) < 4.78 is 7.67. The number of hydrogen-bond donors (Lipinski definition) is 1. The van der Waals surface area contributed by atoms with Crippen LogP contribution in [0.3, 0.4) is 0 Å². The average Bonchev–Trinajstić information content (AvgIpc) is 2.68. The van der Waals surface area contributed by atoms with E-state index >= 15 is 0 Å². The number of hydrogen-bond acceptors (Lipinski definition) is 5. The Bertz CT molecular complexity index is 1270. The molecular formula is C19H14N4O3. The zero-order valence-corrected chi connectivity index (χ0v) is 13.8. The van der Waals surface area contributed by atoms with Gasteiger partial charge < -0.3 is 4.74 Å². The molecule has 3 heterocycles. The molecule has 0 radical (unpaired) electrons. The van der Waals surface area contributed by atoms with Crippen LogP contribution < -0.4 is 11.0 Å². The first-order valence-corrected chi connectivity index (χ1v) is 7.87. The number of para-hydroxylation sites is 1. The SMILES string of the molecule is COC(=O)c1cc2c(=O)n3ccccc3nc2n(-c2ccccc2)c1=N. The minimum absolute atomic E-state index is 0.00126. The molecule has 0 aliphatic carbocycles. The van der Waals surface area contributed by atoms with E-state index in [0.717, 1.165) is 0 Å². The van der Waals surface area contributed by atoms with Crippen LogP contribution in [0.4, 0.5) is 0 Å². The number of esters is 1. The normalized spacial score (nSPS) is 11.0. The fourth-order valence-electron chi connectivity index (χ4n) is 2.92. The summed E-state index contributed by atoms with van der Waals surface area (Å²) in [5.74, 6) is -0.681. The van der Waals surface area contributed by atoms with Crippen LogP contribution in [-0.2, 0) is 4.74 Å². The second kappa shape index (κ2) is 5.96. The van der Waals surface area contributed by atoms with Crippen LogP contribution in [0.2, 0.25) is 0 Å². The molecule has 4 rings (SSSR count). The Morgan fingerprint density at radius 3 is 2.58 bits per heavy atom. The minimum Gasteiger partial charge on any atom is -0.465 e. The molecule has 0 saturated heterocycles. The van der Waals surface area contributed by atoms with Crippen molar-refractivity contribution >= 4 is 22.6 Å². The van der Waals surface area contributed by atoms with Crippen LogP contribution in [0.5, 0.6) is 0 Å². The highest BCUT2D eigenvalue weighted by atomic mass is 16.5. The van der Waals surface area contributed by atoms with Gasteiger partial charge in [0.2, 0.25) is 0 Å². The van der Waals surface area contributed by atoms with Crippen molar-refractivity contribution in [3.8, 4) is 5.69 Å². The number of pyridine rings is 2. The highest BCUT2D eigenvalue weighted by Gasteiger charge is 2.18. The molecule has 128 valence electrons. The topological polar surface area (TPSA) is 89.4 Å². The van der Waals surface area contributed by atoms with Gasteiger partial charge in [0.15, 0.2) is 5.65 Å². The molecule has 3 aromatic heterocycles. The van der Waals surface area contributed by atoms with Gasteiger partial charge >= 0.3 is 5.97 Å². The van der Waals surface area contributed by atoms with Crippen LogP contribution in [0, 0.1) is 5.41 Å². The quantitative estimate of drug-likeness (QED) is 0.443. The molecule has 0 aliphatic rings. The van der Waals surface area contributed by atoms with Crippen LogP contribution in [0.1, 0.15) is 10.4 Å². The number of ether oxygens (including phenoxy) is 1. The number of fused-ring (bicyclic) bond motifs is 2. The molecule has 7 nitrogen and oxygen atoms in total. The molecule has 0 spiro atoms. The van der Waals surface area contributed by atoms with Gasteiger partial charge in [0.05, 0.1) is 12.5 Å². The first-order valence-electron chi connectivity index (χ1n) is 7.87. The van der Waals surface area contributed by atoms with E-state index in [4.69, 9.17) is 10.1 Å². The summed E-state index contributed by atoms with van der Waals surface area (Å²) in [6.07, 6.45) is 1.61. The van der Waals surface area contributed by atoms with Crippen molar-refractivity contribution in [3.63, 3.8) is 0 Å². The summed E-state index contributed by atoms with van der Waals surface area (Å²) in [7, 11) is 1.24. The van der Waals surface area contributed by atoms with Crippen molar-refractivity contribution in [1.82, 2.24) is 14.0 Å². The minimum atomic E-state index is -0.681. The lowest BCUT2D eigenvalue weighted by molar-refractivity contribution is 0.0598. The molecule has 0 atom stereocenters. The van der Waals surface area contributed by atoms with Gasteiger partial charge in [-0.2, -0.15) is 0 Å². The van der Waals surface area contributed by atoms with Crippen molar-refractivity contribution < 1.29 is 9.53 Å². The summed E-state index contributed by atoms with van der Waals surface area (Å²) in [6.45, 7) is 0. The third kappa shape index (κ3) is 2.29. The van der Waals surface area contributed by atoms with Crippen LogP contribution in [0.15, 0.2) is 65.6 Å². The van der Waals surface area contributed by atoms with E-state index in [1.165, 1.54) is 22.1 Å². The number of carbonyl (C=O) groups excluding carboxylic acids is 1. The fourth-order valence-corrected chi connectivity index (χ4v) is 2.92. The van der Waals surface area contributed by atoms with Gasteiger partial charge in [-0.3, -0.25) is 19.2 Å². The third-order valence-corrected chi connectivity index (χ3v) is 4.15. The Kier molecular flexibility index (Phi) is 3.62. The molecule has 0 saturated carbocycles. The number of rotatable bonds is 2. The number of nitrogens with one attached hydrogen (secondary N) is 1. The Morgan fingerprint density at radius 2 is 1.85 bits per heavy atom. The molecule has 4 aromatic rings. The molecule has 7 heteroatoms. The number of methoxy groups -OCH3 is 1. The summed E-state index contributed by atoms with van der Waals surface area (Å²) in [6, 6.07) is 15.6. The maximum Gasteiger partial charge on any atom is 0.341 e. The molecular weight excluding hydrogens is 332 g/mol. The van der Waals surface area contributed by atoms with Gasteiger partial charge in [-0.05, 0) is 30.3 Å². The maximum atomic E-state index is 12.9. The Labute approximate surface area is 147 Å². The molecule has 0 unspecified atom stereocenters. The van der Waals surface area contributed by atoms with E-state index in [0.29, 0.717) is 17.0 Å². The summed E-state index contributed by atoms with van der Waals surface area (Å²) in [4.78, 5) is 29.6. The predicted molar refractivity (Wildman–Crippen MR) is 95.5 cm³/mol. The molecule has 1 N–H and O–H groups in total. The van der Waals surface area contributed by atoms with Gasteiger partial charge in [-0.15, -0.1) is 0 Å². The fraction of sp³-hybridized carbons (Fsp3) is 0.0526. The summed E-state index contributed by atoms with van der Waals surface area (Å²) in [5.41, 5.74) is 0.979. The molecule has 0 fully saturated rings. The van der Waals surface area contributed by atoms with Crippen molar-refractivity contribution in [2.45, 2.75) is 0 Å². The van der Waals surface area contributed by atoms with E-state index in [9.17, 15) is 9.59 Å². The van der Waals surface area contributed by atoms with Crippen LogP contribution in [-0.4, -0.2) is 27.0 Å². The zero-order valence-electron chi connectivity index (χ0n) is 13.8. The lowest BCUT2D eigenvalue weighted by atomic mass is 10.2. The number of benzene rings is 1. The third-order valence-electron chi connectivity index (χ3n) is 4.15. The molecule has 0 bridgehead atoms. The Balaban J connectivity index is 2.26. The molecule has 26 heavy (non-hydrogen) atoms. The standard InChI is InChI=1S/C19H14N4O3/c1-26-19(25)13-11-14-17(21-15-9-5-6-10-22(15)18(14)24)23(16(13)20)12-7-3-2-4-8-12/h2-11,20H,1H3. The maximum absolute atomic E-state index is 12.9. The van der Waals surface area contributed by atoms with Gasteiger partial charge in [0, 0.05) is 11.9 Å². The van der Waals surface area contributed by atoms with Crippen molar-refractivity contribution in [3.05, 3.63) is 82.2 Å². The van der Waals surface area contributed by atoms with E-state index in [2.05, 4.69) is 4.98 Å². The summed E-state index contributed by atoms with van der Waals surface area (Å²) >= 11 is 0. The molecule has 1 aromatic carbocycles. The summed E-state index contributed by atoms with van der Waals surface area (Å²) in [5, 5.41) is 8.72. The Morgan fingerprint density at radius 1 is 1.12 bits per heavy atom. The van der Waals surface area contributed by atoms with Gasteiger partial charge in [-0.25, -0.2) is 9.78 Å². The van der Waals surface area contributed by atoms with Crippen LogP contribution >= 0.6 is 0 Å². The first-order chi connectivity index (χ1) is 12.6. The highest BCUT2D eigenvalue weighted by Crippen LogP contribution is 2.15. The highest BCUT2D eigenvalue weighted by molar-refractivity contribution is 5.93. The average molecular weight is 346 g/mol. The van der Waals surface area contributed by atoms with E-state index in [1.54, 1.807) is 36.5 Å². The van der Waals surface area contributed by atoms with Gasteiger partial charge in [0.1, 0.15) is 16.7 Å². The predicted octanol–water partition coefficient (Wildman–Crippen LogP) is 1.90. The molecule has 0 aliphatic heterocycles. The first kappa shape index (κ1) is 15.8. The van der Waals surface area contributed by atoms with E-state index in [-0.39, 0.29) is 22.0 Å². The van der Waals surface area contributed by atoms with Crippen molar-refractivity contribution in [2.24, 2.45) is 0 Å². The lowest BCUT2D eigenvalue weighted by Gasteiger charge is -2.14. The number of carbonyl (C=O) groups is 1. The second-order valence-corrected chi connectivity index (χ2v) is 5.65. The monoisotopic (exact) mass is 346 g/mol. The van der Waals surface area contributed by atoms with Gasteiger partial charge in [0.25, 0.3) is 5.56 Å². The number of aromatic nitrogens is 3. The van der Waals surface area contributed by atoms with Gasteiger partial charge in [-0.1, -0.05) is 24.3 Å². The van der Waals surface area contributed by atoms with Crippen molar-refractivity contribution in [2.75, 3.05) is 7.11 Å². The van der Waals surface area contributed by atoms with Crippen molar-refractivity contribution in [1.29, 1.82) is 5.41 Å². The lowest BCUT2D eigenvalue weighted by Crippen LogP contribution is -2.29. The van der Waals surface area contributed by atoms with E-state index in [1.807, 2.05) is 18.2 Å². The molecule has 0 amide bonds. The Hall–Kier alpha value is -3.74. The zero-order chi connectivity index (χ0) is 18.3. The largest absolute Gasteiger partial charge is 0.465 e.